The summed E-state index contributed by atoms with van der Waals surface area (Å²) in [5.41, 5.74) is 1.93. The lowest BCUT2D eigenvalue weighted by molar-refractivity contribution is 0.0104. The van der Waals surface area contributed by atoms with E-state index in [4.69, 9.17) is 4.74 Å². The van der Waals surface area contributed by atoms with Gasteiger partial charge in [0.2, 0.25) is 0 Å². The molecule has 4 heteroatoms. The van der Waals surface area contributed by atoms with Gasteiger partial charge < -0.3 is 4.74 Å². The number of ether oxygens (including phenoxy) is 1. The SMILES string of the molecule is O=C(OC1CCN(Cc2ccccc2Br)CC1)c1ccccc1. The number of nitrogens with zero attached hydrogens (tertiary/aromatic N) is 1. The summed E-state index contributed by atoms with van der Waals surface area (Å²) in [7, 11) is 0. The molecule has 1 saturated heterocycles. The van der Waals surface area contributed by atoms with Gasteiger partial charge in [-0.25, -0.2) is 4.79 Å². The zero-order chi connectivity index (χ0) is 16.1. The van der Waals surface area contributed by atoms with Gasteiger partial charge in [0, 0.05) is 24.1 Å². The molecule has 1 aliphatic heterocycles. The van der Waals surface area contributed by atoms with E-state index in [2.05, 4.69) is 39.0 Å². The monoisotopic (exact) mass is 373 g/mol. The van der Waals surface area contributed by atoms with Gasteiger partial charge in [-0.2, -0.15) is 0 Å². The van der Waals surface area contributed by atoms with Crippen molar-refractivity contribution in [2.45, 2.75) is 25.5 Å². The van der Waals surface area contributed by atoms with Gasteiger partial charge in [-0.3, -0.25) is 4.90 Å². The Morgan fingerprint density at radius 1 is 1.04 bits per heavy atom. The minimum absolute atomic E-state index is 0.0261. The van der Waals surface area contributed by atoms with E-state index in [-0.39, 0.29) is 12.1 Å². The molecular formula is C19H20BrNO2. The maximum absolute atomic E-state index is 12.1. The normalized spacial score (nSPS) is 16.2. The van der Waals surface area contributed by atoms with Crippen molar-refractivity contribution in [3.05, 3.63) is 70.2 Å². The molecule has 0 aliphatic carbocycles. The van der Waals surface area contributed by atoms with Crippen molar-refractivity contribution in [2.24, 2.45) is 0 Å². The van der Waals surface area contributed by atoms with Crippen molar-refractivity contribution in [3.8, 4) is 0 Å². The predicted molar refractivity (Wildman–Crippen MR) is 94.3 cm³/mol. The fourth-order valence-corrected chi connectivity index (χ4v) is 3.26. The van der Waals surface area contributed by atoms with Crippen molar-refractivity contribution < 1.29 is 9.53 Å². The highest BCUT2D eigenvalue weighted by Gasteiger charge is 2.23. The maximum atomic E-state index is 12.1. The van der Waals surface area contributed by atoms with Crippen molar-refractivity contribution in [1.82, 2.24) is 4.90 Å². The van der Waals surface area contributed by atoms with E-state index >= 15 is 0 Å². The summed E-state index contributed by atoms with van der Waals surface area (Å²) < 4.78 is 6.78. The van der Waals surface area contributed by atoms with Gasteiger partial charge in [0.15, 0.2) is 0 Å². The average molecular weight is 374 g/mol. The van der Waals surface area contributed by atoms with E-state index in [0.717, 1.165) is 36.9 Å². The molecule has 3 nitrogen and oxygen atoms in total. The standard InChI is InChI=1S/C19H20BrNO2/c20-18-9-5-4-8-16(18)14-21-12-10-17(11-13-21)23-19(22)15-6-2-1-3-7-15/h1-9,17H,10-14H2. The number of likely N-dealkylation sites (tertiary alicyclic amines) is 1. The largest absolute Gasteiger partial charge is 0.459 e. The molecule has 0 radical (unpaired) electrons. The molecule has 1 aliphatic rings. The smallest absolute Gasteiger partial charge is 0.338 e. The highest BCUT2D eigenvalue weighted by atomic mass is 79.9. The predicted octanol–water partition coefficient (Wildman–Crippen LogP) is 4.27. The summed E-state index contributed by atoms with van der Waals surface area (Å²) in [5.74, 6) is -0.213. The quantitative estimate of drug-likeness (QED) is 0.749. The molecule has 2 aromatic carbocycles. The number of carbonyl (C=O) groups excluding carboxylic acids is 1. The van der Waals surface area contributed by atoms with Gasteiger partial charge in [-0.1, -0.05) is 52.3 Å². The molecule has 23 heavy (non-hydrogen) atoms. The molecule has 0 bridgehead atoms. The van der Waals surface area contributed by atoms with E-state index in [1.54, 1.807) is 12.1 Å². The highest BCUT2D eigenvalue weighted by Crippen LogP contribution is 2.21. The van der Waals surface area contributed by atoms with Gasteiger partial charge in [0.25, 0.3) is 0 Å². The fourth-order valence-electron chi connectivity index (χ4n) is 2.85. The molecule has 120 valence electrons. The molecule has 0 spiro atoms. The summed E-state index contributed by atoms with van der Waals surface area (Å²) in [4.78, 5) is 14.5. The van der Waals surface area contributed by atoms with E-state index in [0.29, 0.717) is 5.56 Å². The lowest BCUT2D eigenvalue weighted by Crippen LogP contribution is -2.37. The third-order valence-corrected chi connectivity index (χ3v) is 4.94. The van der Waals surface area contributed by atoms with Crippen LogP contribution in [0.1, 0.15) is 28.8 Å². The van der Waals surface area contributed by atoms with Crippen LogP contribution < -0.4 is 0 Å². The Hall–Kier alpha value is -1.65. The van der Waals surface area contributed by atoms with Crippen LogP contribution in [0.3, 0.4) is 0 Å². The van der Waals surface area contributed by atoms with Gasteiger partial charge in [-0.05, 0) is 36.6 Å². The third-order valence-electron chi connectivity index (χ3n) is 4.17. The average Bonchev–Trinajstić information content (AvgIpc) is 2.59. The first kappa shape index (κ1) is 16.2. The lowest BCUT2D eigenvalue weighted by Gasteiger charge is -2.31. The van der Waals surface area contributed by atoms with E-state index in [9.17, 15) is 4.79 Å². The number of hydrogen-bond donors (Lipinski definition) is 0. The first-order valence-electron chi connectivity index (χ1n) is 7.94. The molecule has 3 rings (SSSR count). The summed E-state index contributed by atoms with van der Waals surface area (Å²) in [6, 6.07) is 17.5. The molecule has 0 amide bonds. The third kappa shape index (κ3) is 4.43. The Morgan fingerprint density at radius 3 is 2.39 bits per heavy atom. The Balaban J connectivity index is 1.49. The molecule has 2 aromatic rings. The van der Waals surface area contributed by atoms with E-state index in [1.165, 1.54) is 5.56 Å². The van der Waals surface area contributed by atoms with Gasteiger partial charge in [0.1, 0.15) is 6.10 Å². The highest BCUT2D eigenvalue weighted by molar-refractivity contribution is 9.10. The summed E-state index contributed by atoms with van der Waals surface area (Å²) in [5, 5.41) is 0. The zero-order valence-electron chi connectivity index (χ0n) is 13.0. The molecule has 1 heterocycles. The van der Waals surface area contributed by atoms with Crippen LogP contribution >= 0.6 is 15.9 Å². The molecule has 0 N–H and O–H groups in total. The Morgan fingerprint density at radius 2 is 1.70 bits per heavy atom. The van der Waals surface area contributed by atoms with Crippen LogP contribution in [0.5, 0.6) is 0 Å². The number of piperidine rings is 1. The molecule has 0 atom stereocenters. The maximum Gasteiger partial charge on any atom is 0.338 e. The first-order chi connectivity index (χ1) is 11.2. The van der Waals surface area contributed by atoms with Gasteiger partial charge in [0.05, 0.1) is 5.56 Å². The van der Waals surface area contributed by atoms with Crippen LogP contribution in [0.2, 0.25) is 0 Å². The number of benzene rings is 2. The molecule has 0 aromatic heterocycles. The van der Waals surface area contributed by atoms with Crippen LogP contribution in [0.25, 0.3) is 0 Å². The number of rotatable bonds is 4. The second-order valence-electron chi connectivity index (χ2n) is 5.84. The summed E-state index contributed by atoms with van der Waals surface area (Å²) >= 11 is 3.60. The minimum Gasteiger partial charge on any atom is -0.459 e. The van der Waals surface area contributed by atoms with Crippen molar-refractivity contribution in [1.29, 1.82) is 0 Å². The van der Waals surface area contributed by atoms with Crippen LogP contribution in [-0.4, -0.2) is 30.1 Å². The van der Waals surface area contributed by atoms with Crippen molar-refractivity contribution in [3.63, 3.8) is 0 Å². The Bertz CT molecular complexity index is 651. The number of hydrogen-bond acceptors (Lipinski definition) is 3. The topological polar surface area (TPSA) is 29.5 Å². The van der Waals surface area contributed by atoms with Crippen molar-refractivity contribution in [2.75, 3.05) is 13.1 Å². The summed E-state index contributed by atoms with van der Waals surface area (Å²) in [6.07, 6.45) is 1.81. The van der Waals surface area contributed by atoms with Gasteiger partial charge in [-0.15, -0.1) is 0 Å². The second-order valence-corrected chi connectivity index (χ2v) is 6.69. The number of halogens is 1. The minimum atomic E-state index is -0.213. The molecule has 1 fully saturated rings. The summed E-state index contributed by atoms with van der Waals surface area (Å²) in [6.45, 7) is 2.84. The van der Waals surface area contributed by atoms with Crippen LogP contribution in [-0.2, 0) is 11.3 Å². The molecule has 0 saturated carbocycles. The van der Waals surface area contributed by atoms with Crippen molar-refractivity contribution >= 4 is 21.9 Å². The number of esters is 1. The molecular weight excluding hydrogens is 354 g/mol. The number of carbonyl (C=O) groups is 1. The second kappa shape index (κ2) is 7.75. The Labute approximate surface area is 145 Å². The van der Waals surface area contributed by atoms with Gasteiger partial charge >= 0.3 is 5.97 Å². The lowest BCUT2D eigenvalue weighted by atomic mass is 10.1. The van der Waals surface area contributed by atoms with E-state index in [1.807, 2.05) is 24.3 Å². The first-order valence-corrected chi connectivity index (χ1v) is 8.73. The van der Waals surface area contributed by atoms with Crippen LogP contribution in [0.15, 0.2) is 59.1 Å². The molecule has 0 unspecified atom stereocenters. The zero-order valence-corrected chi connectivity index (χ0v) is 14.5. The Kier molecular flexibility index (Phi) is 5.47. The van der Waals surface area contributed by atoms with E-state index < -0.39 is 0 Å². The van der Waals surface area contributed by atoms with Crippen LogP contribution in [0.4, 0.5) is 0 Å². The fraction of sp³-hybridized carbons (Fsp3) is 0.316. The van der Waals surface area contributed by atoms with Crippen LogP contribution in [0, 0.1) is 0 Å².